The minimum Gasteiger partial charge on any atom is -0.507 e. The molecule has 1 fully saturated rings. The summed E-state index contributed by atoms with van der Waals surface area (Å²) in [6.07, 6.45) is -2.10. The number of esters is 1. The van der Waals surface area contributed by atoms with E-state index >= 15 is 0 Å². The van der Waals surface area contributed by atoms with Crippen LogP contribution in [0.4, 0.5) is 0 Å². The number of carbonyl (C=O) groups excluding carboxylic acids is 2. The smallest absolute Gasteiger partial charge is 0.337 e. The second-order valence-electron chi connectivity index (χ2n) is 6.24. The number of benzene rings is 1. The van der Waals surface area contributed by atoms with E-state index in [0.29, 0.717) is 12.0 Å². The third-order valence-corrected chi connectivity index (χ3v) is 5.04. The zero-order chi connectivity index (χ0) is 18.6. The highest BCUT2D eigenvalue weighted by Crippen LogP contribution is 2.54. The zero-order valence-corrected chi connectivity index (χ0v) is 14.2. The molecule has 1 aliphatic heterocycles. The maximum atomic E-state index is 12.7. The lowest BCUT2D eigenvalue weighted by atomic mass is 9.69. The Bertz CT molecular complexity index is 758. The van der Waals surface area contributed by atoms with Crippen molar-refractivity contribution in [2.24, 2.45) is 0 Å². The number of fused-ring (bicyclic) bond motifs is 3. The highest BCUT2D eigenvalue weighted by atomic mass is 16.7. The number of phenols is 1. The van der Waals surface area contributed by atoms with E-state index in [4.69, 9.17) is 14.2 Å². The predicted molar refractivity (Wildman–Crippen MR) is 83.3 cm³/mol. The summed E-state index contributed by atoms with van der Waals surface area (Å²) in [5.41, 5.74) is -1.66. The Morgan fingerprint density at radius 3 is 2.60 bits per heavy atom. The third-order valence-electron chi connectivity index (χ3n) is 5.04. The number of aliphatic hydroxyl groups is 2. The largest absolute Gasteiger partial charge is 0.507 e. The van der Waals surface area contributed by atoms with Crippen molar-refractivity contribution in [1.29, 1.82) is 0 Å². The molecule has 3 rings (SSSR count). The standard InChI is InChI=1S/C17H20O8/c1-4-8-12(23-2)5-9-13(14(8)20)10(18)7-17(24-3)16(9,22)6-11(19)15(21)25-17/h5,11,19-20,22H,4,6-7H2,1-3H3. The number of rotatable bonds is 3. The number of aromatic hydroxyl groups is 1. The van der Waals surface area contributed by atoms with Crippen molar-refractivity contribution >= 4 is 11.8 Å². The second-order valence-corrected chi connectivity index (χ2v) is 6.24. The molecule has 1 aromatic carbocycles. The van der Waals surface area contributed by atoms with Gasteiger partial charge in [-0.25, -0.2) is 4.79 Å². The van der Waals surface area contributed by atoms with Gasteiger partial charge in [0.25, 0.3) is 5.79 Å². The predicted octanol–water partition coefficient (Wildman–Crippen LogP) is 0.388. The van der Waals surface area contributed by atoms with Crippen LogP contribution >= 0.6 is 0 Å². The SMILES string of the molecule is CCc1c(OC)cc2c(c1O)C(=O)CC1(OC)OC(=O)C(O)CC21O. The molecule has 3 unspecified atom stereocenters. The van der Waals surface area contributed by atoms with E-state index in [1.807, 2.05) is 0 Å². The first-order valence-corrected chi connectivity index (χ1v) is 7.89. The van der Waals surface area contributed by atoms with Crippen molar-refractivity contribution in [2.45, 2.75) is 43.7 Å². The van der Waals surface area contributed by atoms with Gasteiger partial charge in [0.2, 0.25) is 0 Å². The number of aliphatic hydroxyl groups excluding tert-OH is 1. The minimum atomic E-state index is -2.02. The van der Waals surface area contributed by atoms with Crippen molar-refractivity contribution in [3.63, 3.8) is 0 Å². The normalized spacial score (nSPS) is 31.2. The molecule has 0 aromatic heterocycles. The number of carbonyl (C=O) groups is 2. The maximum absolute atomic E-state index is 12.7. The molecule has 3 N–H and O–H groups in total. The average molecular weight is 352 g/mol. The fourth-order valence-corrected chi connectivity index (χ4v) is 3.73. The van der Waals surface area contributed by atoms with Gasteiger partial charge in [0.15, 0.2) is 17.5 Å². The number of ketones is 1. The molecule has 2 aliphatic rings. The van der Waals surface area contributed by atoms with Crippen LogP contribution < -0.4 is 4.74 Å². The highest BCUT2D eigenvalue weighted by molar-refractivity contribution is 6.03. The van der Waals surface area contributed by atoms with Crippen LogP contribution in [0.25, 0.3) is 0 Å². The first-order valence-electron chi connectivity index (χ1n) is 7.89. The molecule has 8 heteroatoms. The van der Waals surface area contributed by atoms with E-state index in [1.54, 1.807) is 6.92 Å². The molecule has 1 aliphatic carbocycles. The summed E-state index contributed by atoms with van der Waals surface area (Å²) in [6, 6.07) is 1.42. The van der Waals surface area contributed by atoms with E-state index in [1.165, 1.54) is 20.3 Å². The van der Waals surface area contributed by atoms with Crippen molar-refractivity contribution in [3.8, 4) is 11.5 Å². The Morgan fingerprint density at radius 1 is 1.36 bits per heavy atom. The van der Waals surface area contributed by atoms with Crippen LogP contribution in [0.5, 0.6) is 11.5 Å². The van der Waals surface area contributed by atoms with Crippen LogP contribution in [-0.2, 0) is 26.3 Å². The number of phenolic OH excluding ortho intramolecular Hbond substituents is 1. The Balaban J connectivity index is 2.33. The molecule has 3 atom stereocenters. The van der Waals surface area contributed by atoms with Gasteiger partial charge in [-0.15, -0.1) is 0 Å². The molecular weight excluding hydrogens is 332 g/mol. The van der Waals surface area contributed by atoms with Gasteiger partial charge in [0.1, 0.15) is 11.5 Å². The molecule has 8 nitrogen and oxygen atoms in total. The molecule has 0 bridgehead atoms. The fraction of sp³-hybridized carbons (Fsp3) is 0.529. The van der Waals surface area contributed by atoms with Gasteiger partial charge >= 0.3 is 5.97 Å². The number of ether oxygens (including phenoxy) is 3. The fourth-order valence-electron chi connectivity index (χ4n) is 3.73. The quantitative estimate of drug-likeness (QED) is 0.668. The molecule has 1 saturated heterocycles. The first-order chi connectivity index (χ1) is 11.7. The lowest BCUT2D eigenvalue weighted by Crippen LogP contribution is -2.65. The molecule has 0 saturated carbocycles. The average Bonchev–Trinajstić information content (AvgIpc) is 2.57. The number of Topliss-reactive ketones (excluding diaryl/α,β-unsaturated/α-hetero) is 1. The van der Waals surface area contributed by atoms with Gasteiger partial charge in [-0.3, -0.25) is 4.79 Å². The Morgan fingerprint density at radius 2 is 2.04 bits per heavy atom. The molecule has 25 heavy (non-hydrogen) atoms. The zero-order valence-electron chi connectivity index (χ0n) is 14.2. The van der Waals surface area contributed by atoms with Gasteiger partial charge in [-0.2, -0.15) is 0 Å². The van der Waals surface area contributed by atoms with Crippen LogP contribution in [0.1, 0.15) is 41.3 Å². The van der Waals surface area contributed by atoms with Crippen LogP contribution in [0.15, 0.2) is 6.07 Å². The Labute approximate surface area is 143 Å². The molecule has 1 aromatic rings. The van der Waals surface area contributed by atoms with Gasteiger partial charge in [-0.05, 0) is 12.5 Å². The van der Waals surface area contributed by atoms with Gasteiger partial charge in [0.05, 0.1) is 19.1 Å². The van der Waals surface area contributed by atoms with E-state index < -0.39 is 42.1 Å². The monoisotopic (exact) mass is 352 g/mol. The summed E-state index contributed by atoms with van der Waals surface area (Å²) in [7, 11) is 2.60. The van der Waals surface area contributed by atoms with Crippen molar-refractivity contribution in [1.82, 2.24) is 0 Å². The summed E-state index contributed by atoms with van der Waals surface area (Å²) in [6.45, 7) is 1.79. The van der Waals surface area contributed by atoms with Crippen molar-refractivity contribution < 1.29 is 39.1 Å². The Hall–Kier alpha value is -2.16. The highest BCUT2D eigenvalue weighted by Gasteiger charge is 2.65. The lowest BCUT2D eigenvalue weighted by Gasteiger charge is -2.51. The van der Waals surface area contributed by atoms with Crippen LogP contribution in [0.3, 0.4) is 0 Å². The molecule has 0 radical (unpaired) electrons. The third kappa shape index (κ3) is 2.18. The number of hydrogen-bond acceptors (Lipinski definition) is 8. The first kappa shape index (κ1) is 17.7. The molecule has 0 amide bonds. The number of hydrogen-bond donors (Lipinski definition) is 3. The van der Waals surface area contributed by atoms with Crippen molar-refractivity contribution in [3.05, 3.63) is 22.8 Å². The summed E-state index contributed by atoms with van der Waals surface area (Å²) >= 11 is 0. The second kappa shape index (κ2) is 5.69. The summed E-state index contributed by atoms with van der Waals surface area (Å²) < 4.78 is 15.7. The van der Waals surface area contributed by atoms with E-state index in [0.717, 1.165) is 0 Å². The van der Waals surface area contributed by atoms with Gasteiger partial charge < -0.3 is 29.5 Å². The molecule has 136 valence electrons. The van der Waals surface area contributed by atoms with Crippen molar-refractivity contribution in [2.75, 3.05) is 14.2 Å². The summed E-state index contributed by atoms with van der Waals surface area (Å²) in [5.74, 6) is -3.51. The lowest BCUT2D eigenvalue weighted by molar-refractivity contribution is -0.328. The Kier molecular flexibility index (Phi) is 4.02. The molecule has 0 spiro atoms. The van der Waals surface area contributed by atoms with Gasteiger partial charge in [-0.1, -0.05) is 6.92 Å². The maximum Gasteiger partial charge on any atom is 0.337 e. The van der Waals surface area contributed by atoms with E-state index in [9.17, 15) is 24.9 Å². The van der Waals surface area contributed by atoms with Crippen LogP contribution in [0, 0.1) is 0 Å². The summed E-state index contributed by atoms with van der Waals surface area (Å²) in [4.78, 5) is 24.5. The van der Waals surface area contributed by atoms with Crippen LogP contribution in [-0.4, -0.2) is 53.2 Å². The number of methoxy groups -OCH3 is 2. The van der Waals surface area contributed by atoms with Gasteiger partial charge in [0, 0.05) is 24.7 Å². The topological polar surface area (TPSA) is 123 Å². The van der Waals surface area contributed by atoms with Crippen LogP contribution in [0.2, 0.25) is 0 Å². The van der Waals surface area contributed by atoms with E-state index in [2.05, 4.69) is 0 Å². The van der Waals surface area contributed by atoms with E-state index in [-0.39, 0.29) is 22.6 Å². The minimum absolute atomic E-state index is 0.00343. The summed E-state index contributed by atoms with van der Waals surface area (Å²) in [5, 5.41) is 31.8. The molecular formula is C17H20O8. The molecule has 1 heterocycles.